The van der Waals surface area contributed by atoms with Crippen molar-refractivity contribution < 1.29 is 29.0 Å². The van der Waals surface area contributed by atoms with E-state index >= 15 is 0 Å². The first-order chi connectivity index (χ1) is 18.4. The number of amides is 2. The molecule has 1 saturated heterocycles. The van der Waals surface area contributed by atoms with Gasteiger partial charge in [0.2, 0.25) is 11.8 Å². The second-order valence-electron chi connectivity index (χ2n) is 10.1. The summed E-state index contributed by atoms with van der Waals surface area (Å²) in [6.07, 6.45) is 4.84. The van der Waals surface area contributed by atoms with E-state index in [1.165, 1.54) is 4.90 Å². The fourth-order valence-corrected chi connectivity index (χ4v) is 5.37. The smallest absolute Gasteiger partial charge is 0.305 e. The van der Waals surface area contributed by atoms with Gasteiger partial charge in [-0.15, -0.1) is 0 Å². The van der Waals surface area contributed by atoms with Gasteiger partial charge in [0.05, 0.1) is 20.1 Å². The summed E-state index contributed by atoms with van der Waals surface area (Å²) in [6.45, 7) is 4.61. The number of fused-ring (bicyclic) bond motifs is 1. The molecule has 1 unspecified atom stereocenters. The van der Waals surface area contributed by atoms with Gasteiger partial charge in [-0.3, -0.25) is 24.2 Å². The van der Waals surface area contributed by atoms with Gasteiger partial charge in [-0.1, -0.05) is 37.6 Å². The molecule has 0 saturated carbocycles. The van der Waals surface area contributed by atoms with Crippen LogP contribution in [0.15, 0.2) is 36.4 Å². The van der Waals surface area contributed by atoms with E-state index < -0.39 is 5.97 Å². The monoisotopic (exact) mass is 522 g/mol. The van der Waals surface area contributed by atoms with Gasteiger partial charge in [0.15, 0.2) is 0 Å². The van der Waals surface area contributed by atoms with Crippen molar-refractivity contribution in [3.8, 4) is 11.5 Å². The number of aliphatic carboxylic acids is 1. The van der Waals surface area contributed by atoms with E-state index in [0.29, 0.717) is 45.4 Å². The first-order valence-electron chi connectivity index (χ1n) is 13.6. The number of carboxylic acid groups (broad SMARTS) is 1. The standard InChI is InChI=1S/C30H38N2O6/c1-3-4-14-31(25(19-30(35)36)23-9-10-26-24(18-23)13-16-38-26)20-21-7-8-22(27(17-21)37-2)6-5-15-32-28(33)11-12-29(32)34/h7-10,17-18,25H,3-6,11-16,19-20H2,1-2H3,(H,35,36). The van der Waals surface area contributed by atoms with Crippen LogP contribution in [0.2, 0.25) is 0 Å². The SMILES string of the molecule is CCCCN(Cc1ccc(CCCN2C(=O)CCC2=O)c(OC)c1)C(CC(=O)O)c1ccc2c(c1)CCO2. The lowest BCUT2D eigenvalue weighted by molar-refractivity contribution is -0.139. The average molecular weight is 523 g/mol. The quantitative estimate of drug-likeness (QED) is 0.364. The largest absolute Gasteiger partial charge is 0.496 e. The molecule has 0 bridgehead atoms. The maximum Gasteiger partial charge on any atom is 0.305 e. The number of imide groups is 1. The van der Waals surface area contributed by atoms with E-state index in [4.69, 9.17) is 9.47 Å². The number of carboxylic acids is 1. The number of carbonyl (C=O) groups is 3. The number of methoxy groups -OCH3 is 1. The summed E-state index contributed by atoms with van der Waals surface area (Å²) in [5, 5.41) is 9.77. The van der Waals surface area contributed by atoms with Gasteiger partial charge in [0.1, 0.15) is 11.5 Å². The zero-order chi connectivity index (χ0) is 27.1. The van der Waals surface area contributed by atoms with Crippen LogP contribution in [0, 0.1) is 0 Å². The van der Waals surface area contributed by atoms with Crippen molar-refractivity contribution in [2.75, 3.05) is 26.8 Å². The topological polar surface area (TPSA) is 96.4 Å². The van der Waals surface area contributed by atoms with Crippen molar-refractivity contribution in [3.05, 3.63) is 58.7 Å². The lowest BCUT2D eigenvalue weighted by Gasteiger charge is -2.32. The Morgan fingerprint density at radius 1 is 1.11 bits per heavy atom. The van der Waals surface area contributed by atoms with Crippen molar-refractivity contribution in [3.63, 3.8) is 0 Å². The Kier molecular flexibility index (Phi) is 9.39. The minimum atomic E-state index is -0.823. The molecule has 204 valence electrons. The maximum absolute atomic E-state index is 11.9. The van der Waals surface area contributed by atoms with Crippen LogP contribution in [0.1, 0.15) is 73.7 Å². The molecule has 1 N–H and O–H groups in total. The Balaban J connectivity index is 1.50. The summed E-state index contributed by atoms with van der Waals surface area (Å²) in [6, 6.07) is 11.9. The van der Waals surface area contributed by atoms with Crippen LogP contribution in [0.25, 0.3) is 0 Å². The van der Waals surface area contributed by atoms with Crippen molar-refractivity contribution in [2.45, 2.75) is 70.9 Å². The lowest BCUT2D eigenvalue weighted by Crippen LogP contribution is -2.31. The van der Waals surface area contributed by atoms with Crippen molar-refractivity contribution >= 4 is 17.8 Å². The molecule has 1 fully saturated rings. The Bertz CT molecular complexity index is 1150. The molecule has 2 aromatic rings. The van der Waals surface area contributed by atoms with Gasteiger partial charge in [-0.2, -0.15) is 0 Å². The zero-order valence-corrected chi connectivity index (χ0v) is 22.4. The fraction of sp³-hybridized carbons (Fsp3) is 0.500. The highest BCUT2D eigenvalue weighted by atomic mass is 16.5. The van der Waals surface area contributed by atoms with Crippen LogP contribution in [0.4, 0.5) is 0 Å². The number of benzene rings is 2. The molecule has 2 aliphatic heterocycles. The molecule has 2 aliphatic rings. The van der Waals surface area contributed by atoms with Crippen molar-refractivity contribution in [1.82, 2.24) is 9.80 Å². The summed E-state index contributed by atoms with van der Waals surface area (Å²) in [7, 11) is 1.64. The van der Waals surface area contributed by atoms with E-state index in [2.05, 4.69) is 24.0 Å². The molecule has 4 rings (SSSR count). The second-order valence-corrected chi connectivity index (χ2v) is 10.1. The Morgan fingerprint density at radius 2 is 1.89 bits per heavy atom. The van der Waals surface area contributed by atoms with Crippen molar-refractivity contribution in [2.24, 2.45) is 0 Å². The minimum absolute atomic E-state index is 0.0204. The summed E-state index contributed by atoms with van der Waals surface area (Å²) in [4.78, 5) is 39.3. The Labute approximate surface area is 224 Å². The van der Waals surface area contributed by atoms with E-state index in [1.54, 1.807) is 7.11 Å². The highest BCUT2D eigenvalue weighted by Gasteiger charge is 2.28. The highest BCUT2D eigenvalue weighted by Crippen LogP contribution is 2.33. The molecule has 1 atom stereocenters. The van der Waals surface area contributed by atoms with Crippen LogP contribution in [-0.4, -0.2) is 59.5 Å². The molecule has 8 nitrogen and oxygen atoms in total. The highest BCUT2D eigenvalue weighted by molar-refractivity contribution is 6.01. The molecule has 2 amide bonds. The van der Waals surface area contributed by atoms with Gasteiger partial charge in [0.25, 0.3) is 0 Å². The minimum Gasteiger partial charge on any atom is -0.496 e. The molecule has 2 heterocycles. The predicted molar refractivity (Wildman–Crippen MR) is 143 cm³/mol. The molecule has 0 aromatic heterocycles. The lowest BCUT2D eigenvalue weighted by atomic mass is 9.97. The van der Waals surface area contributed by atoms with E-state index in [0.717, 1.165) is 59.6 Å². The van der Waals surface area contributed by atoms with Crippen LogP contribution in [-0.2, 0) is 33.8 Å². The van der Waals surface area contributed by atoms with Crippen LogP contribution in [0.5, 0.6) is 11.5 Å². The van der Waals surface area contributed by atoms with Crippen LogP contribution >= 0.6 is 0 Å². The van der Waals surface area contributed by atoms with Crippen molar-refractivity contribution in [1.29, 1.82) is 0 Å². The number of aryl methyl sites for hydroxylation is 1. The third-order valence-electron chi connectivity index (χ3n) is 7.43. The number of nitrogens with zero attached hydrogens (tertiary/aromatic N) is 2. The number of hydrogen-bond donors (Lipinski definition) is 1. The molecule has 38 heavy (non-hydrogen) atoms. The van der Waals surface area contributed by atoms with Crippen LogP contribution < -0.4 is 9.47 Å². The van der Waals surface area contributed by atoms with Gasteiger partial charge in [-0.05, 0) is 60.2 Å². The third kappa shape index (κ3) is 6.72. The summed E-state index contributed by atoms with van der Waals surface area (Å²) in [5.41, 5.74) is 4.21. The molecular formula is C30H38N2O6. The first kappa shape index (κ1) is 27.6. The fourth-order valence-electron chi connectivity index (χ4n) is 5.37. The molecule has 2 aromatic carbocycles. The number of ether oxygens (including phenoxy) is 2. The summed E-state index contributed by atoms with van der Waals surface area (Å²) >= 11 is 0. The first-order valence-corrected chi connectivity index (χ1v) is 13.6. The van der Waals surface area contributed by atoms with E-state index in [1.807, 2.05) is 24.3 Å². The Morgan fingerprint density at radius 3 is 2.61 bits per heavy atom. The number of rotatable bonds is 14. The van der Waals surface area contributed by atoms with E-state index in [9.17, 15) is 19.5 Å². The molecule has 0 spiro atoms. The van der Waals surface area contributed by atoms with Gasteiger partial charge in [0, 0.05) is 38.4 Å². The molecule has 8 heteroatoms. The maximum atomic E-state index is 11.9. The van der Waals surface area contributed by atoms with Crippen LogP contribution in [0.3, 0.4) is 0 Å². The third-order valence-corrected chi connectivity index (χ3v) is 7.43. The van der Waals surface area contributed by atoms with E-state index in [-0.39, 0.29) is 24.3 Å². The number of carbonyl (C=O) groups excluding carboxylic acids is 2. The molecule has 0 aliphatic carbocycles. The van der Waals surface area contributed by atoms with Gasteiger partial charge < -0.3 is 14.6 Å². The summed E-state index contributed by atoms with van der Waals surface area (Å²) < 4.78 is 11.4. The number of hydrogen-bond acceptors (Lipinski definition) is 6. The normalized spacial score (nSPS) is 15.6. The predicted octanol–water partition coefficient (Wildman–Crippen LogP) is 4.53. The van der Waals surface area contributed by atoms with Gasteiger partial charge in [-0.25, -0.2) is 0 Å². The Hall–Kier alpha value is -3.39. The zero-order valence-electron chi connectivity index (χ0n) is 22.4. The molecule has 0 radical (unpaired) electrons. The van der Waals surface area contributed by atoms with Gasteiger partial charge >= 0.3 is 5.97 Å². The second kappa shape index (κ2) is 12.9. The molecular weight excluding hydrogens is 484 g/mol. The average Bonchev–Trinajstić information content (AvgIpc) is 3.51. The number of unbranched alkanes of at least 4 members (excludes halogenated alkanes) is 1. The summed E-state index contributed by atoms with van der Waals surface area (Å²) in [5.74, 6) is 0.659. The number of likely N-dealkylation sites (tertiary alicyclic amines) is 1.